The minimum absolute atomic E-state index is 0.0487. The molecule has 0 aromatic heterocycles. The molecular formula is C24H22ClN3O2. The maximum absolute atomic E-state index is 13.0. The van der Waals surface area contributed by atoms with Crippen molar-refractivity contribution in [3.63, 3.8) is 0 Å². The number of anilines is 3. The van der Waals surface area contributed by atoms with Crippen LogP contribution in [-0.4, -0.2) is 24.2 Å². The van der Waals surface area contributed by atoms with Crippen molar-refractivity contribution in [3.8, 4) is 0 Å². The van der Waals surface area contributed by atoms with Crippen LogP contribution < -0.4 is 16.0 Å². The van der Waals surface area contributed by atoms with Crippen LogP contribution in [0.5, 0.6) is 0 Å². The molecule has 6 heteroatoms. The molecule has 0 bridgehead atoms. The van der Waals surface area contributed by atoms with Crippen LogP contribution in [-0.2, 0) is 9.59 Å². The average molecular weight is 420 g/mol. The van der Waals surface area contributed by atoms with Gasteiger partial charge in [-0.2, -0.15) is 0 Å². The van der Waals surface area contributed by atoms with Gasteiger partial charge in [0.2, 0.25) is 5.91 Å². The summed E-state index contributed by atoms with van der Waals surface area (Å²) in [4.78, 5) is 26.0. The Morgan fingerprint density at radius 3 is 2.67 bits per heavy atom. The minimum atomic E-state index is -0.141. The Kier molecular flexibility index (Phi) is 5.46. The molecule has 0 saturated heterocycles. The molecule has 1 unspecified atom stereocenters. The standard InChI is InChI=1S/C24H22ClN3O2/c1-15(29)27-18-6-4-5-16(11-18)9-10-23(30)28-14-17(13-25)24-20-8-3-2-7-19(20)21(26)12-22(24)28/h2-12,17H,13-14,26H2,1H3,(H,27,29)/b10-9+. The molecule has 0 fully saturated rings. The smallest absolute Gasteiger partial charge is 0.251 e. The number of hydrogen-bond donors (Lipinski definition) is 2. The molecule has 3 N–H and O–H groups in total. The van der Waals surface area contributed by atoms with Crippen molar-refractivity contribution in [1.29, 1.82) is 0 Å². The van der Waals surface area contributed by atoms with Crippen LogP contribution in [0.3, 0.4) is 0 Å². The third-order valence-corrected chi connectivity index (χ3v) is 5.65. The van der Waals surface area contributed by atoms with Crippen LogP contribution in [0.15, 0.2) is 60.7 Å². The number of nitrogens with two attached hydrogens (primary N) is 1. The first-order valence-electron chi connectivity index (χ1n) is 9.72. The zero-order valence-electron chi connectivity index (χ0n) is 16.6. The van der Waals surface area contributed by atoms with E-state index in [-0.39, 0.29) is 17.7 Å². The predicted molar refractivity (Wildman–Crippen MR) is 124 cm³/mol. The van der Waals surface area contributed by atoms with Crippen LogP contribution in [0.4, 0.5) is 17.1 Å². The summed E-state index contributed by atoms with van der Waals surface area (Å²) in [6, 6.07) is 17.1. The molecule has 3 aromatic rings. The van der Waals surface area contributed by atoms with Crippen molar-refractivity contribution in [2.75, 3.05) is 28.4 Å². The highest BCUT2D eigenvalue weighted by Crippen LogP contribution is 2.44. The van der Waals surface area contributed by atoms with Gasteiger partial charge in [-0.3, -0.25) is 9.59 Å². The molecule has 4 rings (SSSR count). The molecule has 1 atom stereocenters. The second-order valence-corrected chi connectivity index (χ2v) is 7.69. The molecule has 3 aromatic carbocycles. The summed E-state index contributed by atoms with van der Waals surface area (Å²) < 4.78 is 0. The van der Waals surface area contributed by atoms with Crippen molar-refractivity contribution in [1.82, 2.24) is 0 Å². The van der Waals surface area contributed by atoms with E-state index in [4.69, 9.17) is 17.3 Å². The van der Waals surface area contributed by atoms with E-state index in [1.54, 1.807) is 23.1 Å². The lowest BCUT2D eigenvalue weighted by molar-refractivity contribution is -0.115. The minimum Gasteiger partial charge on any atom is -0.398 e. The average Bonchev–Trinajstić information content (AvgIpc) is 3.11. The molecule has 152 valence electrons. The second kappa shape index (κ2) is 8.20. The van der Waals surface area contributed by atoms with E-state index in [2.05, 4.69) is 5.32 Å². The number of rotatable bonds is 4. The summed E-state index contributed by atoms with van der Waals surface area (Å²) in [5.74, 6) is 0.196. The summed E-state index contributed by atoms with van der Waals surface area (Å²) in [5, 5.41) is 4.76. The van der Waals surface area contributed by atoms with Gasteiger partial charge in [0, 0.05) is 48.1 Å². The predicted octanol–water partition coefficient (Wildman–Crippen LogP) is 4.76. The summed E-state index contributed by atoms with van der Waals surface area (Å²) >= 11 is 6.26. The maximum Gasteiger partial charge on any atom is 0.251 e. The number of amides is 2. The lowest BCUT2D eigenvalue weighted by Crippen LogP contribution is -2.28. The number of alkyl halides is 1. The first-order chi connectivity index (χ1) is 14.5. The number of nitrogen functional groups attached to an aromatic ring is 1. The van der Waals surface area contributed by atoms with Gasteiger partial charge in [-0.1, -0.05) is 36.4 Å². The van der Waals surface area contributed by atoms with Gasteiger partial charge in [-0.05, 0) is 40.8 Å². The van der Waals surface area contributed by atoms with E-state index in [0.717, 1.165) is 27.6 Å². The van der Waals surface area contributed by atoms with Crippen LogP contribution in [0, 0.1) is 0 Å². The van der Waals surface area contributed by atoms with E-state index in [1.165, 1.54) is 6.92 Å². The van der Waals surface area contributed by atoms with Gasteiger partial charge >= 0.3 is 0 Å². The topological polar surface area (TPSA) is 75.4 Å². The summed E-state index contributed by atoms with van der Waals surface area (Å²) in [6.07, 6.45) is 3.28. The van der Waals surface area contributed by atoms with E-state index in [1.807, 2.05) is 48.5 Å². The zero-order valence-corrected chi connectivity index (χ0v) is 17.3. The SMILES string of the molecule is CC(=O)Nc1cccc(/C=C/C(=O)N2CC(CCl)c3c2cc(N)c2ccccc32)c1. The molecule has 5 nitrogen and oxygen atoms in total. The molecule has 1 aliphatic heterocycles. The highest BCUT2D eigenvalue weighted by molar-refractivity contribution is 6.19. The number of carbonyl (C=O) groups is 2. The molecule has 2 amide bonds. The molecule has 1 aliphatic rings. The van der Waals surface area contributed by atoms with Crippen molar-refractivity contribution in [2.24, 2.45) is 0 Å². The summed E-state index contributed by atoms with van der Waals surface area (Å²) in [5.41, 5.74) is 10.3. The number of carbonyl (C=O) groups excluding carboxylic acids is 2. The fraction of sp³-hybridized carbons (Fsp3) is 0.167. The fourth-order valence-electron chi connectivity index (χ4n) is 3.99. The van der Waals surface area contributed by atoms with Crippen molar-refractivity contribution >= 4 is 57.3 Å². The summed E-state index contributed by atoms with van der Waals surface area (Å²) in [6.45, 7) is 1.97. The van der Waals surface area contributed by atoms with Gasteiger partial charge in [0.25, 0.3) is 5.91 Å². The third kappa shape index (κ3) is 3.76. The Bertz CT molecular complexity index is 1170. The van der Waals surface area contributed by atoms with Crippen LogP contribution in [0.1, 0.15) is 24.0 Å². The van der Waals surface area contributed by atoms with E-state index in [0.29, 0.717) is 23.8 Å². The van der Waals surface area contributed by atoms with Crippen molar-refractivity contribution in [2.45, 2.75) is 12.8 Å². The summed E-state index contributed by atoms with van der Waals surface area (Å²) in [7, 11) is 0. The monoisotopic (exact) mass is 419 g/mol. The Morgan fingerprint density at radius 1 is 1.17 bits per heavy atom. The van der Waals surface area contributed by atoms with E-state index in [9.17, 15) is 9.59 Å². The molecule has 1 heterocycles. The van der Waals surface area contributed by atoms with Gasteiger partial charge in [0.1, 0.15) is 0 Å². The van der Waals surface area contributed by atoms with Gasteiger partial charge in [-0.15, -0.1) is 11.6 Å². The van der Waals surface area contributed by atoms with E-state index >= 15 is 0 Å². The second-order valence-electron chi connectivity index (χ2n) is 7.38. The quantitative estimate of drug-likeness (QED) is 0.363. The highest BCUT2D eigenvalue weighted by atomic mass is 35.5. The van der Waals surface area contributed by atoms with Crippen LogP contribution in [0.25, 0.3) is 16.8 Å². The van der Waals surface area contributed by atoms with Gasteiger partial charge in [0.05, 0.1) is 5.69 Å². The Labute approximate surface area is 180 Å². The molecule has 0 saturated carbocycles. The molecule has 0 aliphatic carbocycles. The molecule has 0 radical (unpaired) electrons. The Morgan fingerprint density at radius 2 is 1.93 bits per heavy atom. The number of fused-ring (bicyclic) bond motifs is 3. The number of nitrogens with zero attached hydrogens (tertiary/aromatic N) is 1. The molecular weight excluding hydrogens is 398 g/mol. The lowest BCUT2D eigenvalue weighted by atomic mass is 9.95. The number of nitrogens with one attached hydrogen (secondary N) is 1. The molecule has 30 heavy (non-hydrogen) atoms. The number of halogens is 1. The first-order valence-corrected chi connectivity index (χ1v) is 10.3. The Balaban J connectivity index is 1.65. The van der Waals surface area contributed by atoms with Gasteiger partial charge in [0.15, 0.2) is 0 Å². The van der Waals surface area contributed by atoms with E-state index < -0.39 is 0 Å². The highest BCUT2D eigenvalue weighted by Gasteiger charge is 2.33. The van der Waals surface area contributed by atoms with Crippen molar-refractivity contribution < 1.29 is 9.59 Å². The van der Waals surface area contributed by atoms with Gasteiger partial charge < -0.3 is 16.0 Å². The fourth-order valence-corrected chi connectivity index (χ4v) is 4.24. The van der Waals surface area contributed by atoms with Crippen LogP contribution in [0.2, 0.25) is 0 Å². The lowest BCUT2D eigenvalue weighted by Gasteiger charge is -2.17. The third-order valence-electron chi connectivity index (χ3n) is 5.28. The molecule has 0 spiro atoms. The number of benzene rings is 3. The van der Waals surface area contributed by atoms with Crippen LogP contribution >= 0.6 is 11.6 Å². The van der Waals surface area contributed by atoms with Gasteiger partial charge in [-0.25, -0.2) is 0 Å². The largest absolute Gasteiger partial charge is 0.398 e. The zero-order chi connectivity index (χ0) is 21.3. The number of hydrogen-bond acceptors (Lipinski definition) is 3. The normalized spacial score (nSPS) is 15.5. The first kappa shape index (κ1) is 20.0. The Hall–Kier alpha value is -3.31. The van der Waals surface area contributed by atoms with Crippen molar-refractivity contribution in [3.05, 3.63) is 71.8 Å². The maximum atomic E-state index is 13.0.